The van der Waals surface area contributed by atoms with Gasteiger partial charge in [0.1, 0.15) is 18.0 Å². The van der Waals surface area contributed by atoms with Crippen molar-refractivity contribution >= 4 is 17.3 Å². The quantitative estimate of drug-likeness (QED) is 0.920. The van der Waals surface area contributed by atoms with Crippen molar-refractivity contribution in [2.24, 2.45) is 0 Å². The Morgan fingerprint density at radius 3 is 2.79 bits per heavy atom. The summed E-state index contributed by atoms with van der Waals surface area (Å²) < 4.78 is 42.8. The van der Waals surface area contributed by atoms with Gasteiger partial charge in [0.15, 0.2) is 0 Å². The van der Waals surface area contributed by atoms with E-state index < -0.39 is 18.6 Å². The number of nitrogens with one attached hydrogen (secondary N) is 1. The van der Waals surface area contributed by atoms with Crippen molar-refractivity contribution in [3.05, 3.63) is 18.2 Å². The second-order valence-corrected chi connectivity index (χ2v) is 4.10. The van der Waals surface area contributed by atoms with Gasteiger partial charge in [-0.05, 0) is 19.1 Å². The molecular weight excluding hydrogens is 261 g/mol. The second kappa shape index (κ2) is 4.99. The molecule has 19 heavy (non-hydrogen) atoms. The molecule has 0 bridgehead atoms. The molecule has 1 aliphatic rings. The number of nitrogens with zero attached hydrogens (tertiary/aromatic N) is 1. The molecule has 4 nitrogen and oxygen atoms in total. The van der Waals surface area contributed by atoms with Gasteiger partial charge >= 0.3 is 6.18 Å². The summed E-state index contributed by atoms with van der Waals surface area (Å²) in [7, 11) is 0. The van der Waals surface area contributed by atoms with Crippen molar-refractivity contribution < 1.29 is 22.7 Å². The molecule has 1 N–H and O–H groups in total. The second-order valence-electron chi connectivity index (χ2n) is 4.10. The van der Waals surface area contributed by atoms with E-state index in [0.29, 0.717) is 23.7 Å². The minimum absolute atomic E-state index is 0.296. The zero-order valence-electron chi connectivity index (χ0n) is 10.3. The van der Waals surface area contributed by atoms with Crippen molar-refractivity contribution in [2.75, 3.05) is 29.9 Å². The lowest BCUT2D eigenvalue weighted by molar-refractivity contribution is -0.122. The fraction of sp³-hybridized carbons (Fsp3) is 0.417. The van der Waals surface area contributed by atoms with Gasteiger partial charge in [0, 0.05) is 0 Å². The molecule has 104 valence electrons. The van der Waals surface area contributed by atoms with Crippen LogP contribution in [0.5, 0.6) is 5.75 Å². The summed E-state index contributed by atoms with van der Waals surface area (Å²) >= 11 is 0. The van der Waals surface area contributed by atoms with Crippen LogP contribution < -0.4 is 15.0 Å². The number of anilines is 2. The van der Waals surface area contributed by atoms with Gasteiger partial charge in [-0.2, -0.15) is 13.2 Å². The minimum Gasteiger partial charge on any atom is -0.492 e. The lowest BCUT2D eigenvalue weighted by atomic mass is 10.1. The number of carbonyl (C=O) groups is 1. The van der Waals surface area contributed by atoms with Crippen molar-refractivity contribution in [2.45, 2.75) is 13.1 Å². The van der Waals surface area contributed by atoms with E-state index in [1.807, 2.05) is 0 Å². The van der Waals surface area contributed by atoms with E-state index in [-0.39, 0.29) is 6.54 Å². The van der Waals surface area contributed by atoms with Gasteiger partial charge in [-0.25, -0.2) is 0 Å². The third-order valence-corrected chi connectivity index (χ3v) is 2.61. The van der Waals surface area contributed by atoms with E-state index in [2.05, 4.69) is 5.32 Å². The van der Waals surface area contributed by atoms with Crippen LogP contribution in [0.1, 0.15) is 6.92 Å². The first-order valence-corrected chi connectivity index (χ1v) is 5.78. The van der Waals surface area contributed by atoms with Crippen LogP contribution >= 0.6 is 0 Å². The van der Waals surface area contributed by atoms with Crippen LogP contribution in [0.25, 0.3) is 0 Å². The van der Waals surface area contributed by atoms with Gasteiger partial charge in [-0.15, -0.1) is 0 Å². The summed E-state index contributed by atoms with van der Waals surface area (Å²) in [6.07, 6.45) is -4.36. The Morgan fingerprint density at radius 2 is 2.16 bits per heavy atom. The maximum atomic E-state index is 12.5. The average Bonchev–Trinajstić information content (AvgIpc) is 2.28. The standard InChI is InChI=1S/C12H13F3N2O2/c1-2-19-9-5-3-4-8-11(9)16-10(18)6-17(8)7-12(13,14)15/h3-5H,2,6-7H2,1H3,(H,16,18). The lowest BCUT2D eigenvalue weighted by Crippen LogP contribution is -2.43. The average molecular weight is 274 g/mol. The Morgan fingerprint density at radius 1 is 1.42 bits per heavy atom. The van der Waals surface area contributed by atoms with Gasteiger partial charge in [0.2, 0.25) is 5.91 Å². The number of benzene rings is 1. The summed E-state index contributed by atoms with van der Waals surface area (Å²) in [4.78, 5) is 12.5. The molecule has 0 spiro atoms. The van der Waals surface area contributed by atoms with Crippen molar-refractivity contribution in [3.63, 3.8) is 0 Å². The number of alkyl halides is 3. The van der Waals surface area contributed by atoms with Crippen LogP contribution in [0, 0.1) is 0 Å². The third kappa shape index (κ3) is 3.10. The molecule has 7 heteroatoms. The third-order valence-electron chi connectivity index (χ3n) is 2.61. The predicted molar refractivity (Wildman–Crippen MR) is 64.5 cm³/mol. The van der Waals surface area contributed by atoms with Gasteiger partial charge in [-0.3, -0.25) is 4.79 Å². The number of rotatable bonds is 3. The van der Waals surface area contributed by atoms with Gasteiger partial charge in [0.25, 0.3) is 0 Å². The topological polar surface area (TPSA) is 41.6 Å². The minimum atomic E-state index is -4.36. The van der Waals surface area contributed by atoms with Crippen molar-refractivity contribution in [3.8, 4) is 5.75 Å². The Bertz CT molecular complexity index is 488. The highest BCUT2D eigenvalue weighted by atomic mass is 19.4. The van der Waals surface area contributed by atoms with Gasteiger partial charge in [-0.1, -0.05) is 6.07 Å². The number of fused-ring (bicyclic) bond motifs is 1. The molecule has 0 fully saturated rings. The lowest BCUT2D eigenvalue weighted by Gasteiger charge is -2.32. The van der Waals surface area contributed by atoms with Crippen LogP contribution in [-0.2, 0) is 4.79 Å². The first-order valence-electron chi connectivity index (χ1n) is 5.78. The number of para-hydroxylation sites is 1. The van der Waals surface area contributed by atoms with Crippen LogP contribution in [0.3, 0.4) is 0 Å². The smallest absolute Gasteiger partial charge is 0.405 e. The van der Waals surface area contributed by atoms with Crippen LogP contribution in [0.15, 0.2) is 18.2 Å². The van der Waals surface area contributed by atoms with Crippen LogP contribution in [-0.4, -0.2) is 31.8 Å². The largest absolute Gasteiger partial charge is 0.492 e. The van der Waals surface area contributed by atoms with Crippen molar-refractivity contribution in [1.82, 2.24) is 0 Å². The zero-order valence-corrected chi connectivity index (χ0v) is 10.3. The summed E-state index contributed by atoms with van der Waals surface area (Å²) in [5.74, 6) is -0.107. The molecule has 0 aliphatic carbocycles. The van der Waals surface area contributed by atoms with E-state index in [0.717, 1.165) is 4.90 Å². The molecule has 1 amide bonds. The number of ether oxygens (including phenoxy) is 1. The highest BCUT2D eigenvalue weighted by Crippen LogP contribution is 2.38. The molecule has 2 rings (SSSR count). The predicted octanol–water partition coefficient (Wildman–Crippen LogP) is 2.41. The van der Waals surface area contributed by atoms with Gasteiger partial charge in [0.05, 0.1) is 18.8 Å². The highest BCUT2D eigenvalue weighted by Gasteiger charge is 2.35. The summed E-state index contributed by atoms with van der Waals surface area (Å²) in [6.45, 7) is 0.647. The van der Waals surface area contributed by atoms with E-state index in [1.165, 1.54) is 6.07 Å². The monoisotopic (exact) mass is 274 g/mol. The number of hydrogen-bond donors (Lipinski definition) is 1. The molecule has 0 saturated heterocycles. The summed E-state index contributed by atoms with van der Waals surface area (Å²) in [6, 6.07) is 4.74. The fourth-order valence-corrected chi connectivity index (χ4v) is 1.98. The number of amides is 1. The van der Waals surface area contributed by atoms with E-state index in [4.69, 9.17) is 4.74 Å². The highest BCUT2D eigenvalue weighted by molar-refractivity contribution is 6.03. The Kier molecular flexibility index (Phi) is 3.55. The molecule has 0 atom stereocenters. The number of carbonyl (C=O) groups excluding carboxylic acids is 1. The first kappa shape index (κ1) is 13.5. The Labute approximate surface area is 108 Å². The van der Waals surface area contributed by atoms with Gasteiger partial charge < -0.3 is 15.0 Å². The molecule has 0 aromatic heterocycles. The van der Waals surface area contributed by atoms with E-state index >= 15 is 0 Å². The molecule has 0 unspecified atom stereocenters. The van der Waals surface area contributed by atoms with E-state index in [1.54, 1.807) is 19.1 Å². The maximum absolute atomic E-state index is 12.5. The van der Waals surface area contributed by atoms with Crippen LogP contribution in [0.4, 0.5) is 24.5 Å². The zero-order chi connectivity index (χ0) is 14.0. The first-order chi connectivity index (χ1) is 8.90. The Hall–Kier alpha value is -1.92. The summed E-state index contributed by atoms with van der Waals surface area (Å²) in [5, 5.41) is 2.56. The molecule has 1 aromatic carbocycles. The number of halogens is 3. The Balaban J connectivity index is 2.37. The fourth-order valence-electron chi connectivity index (χ4n) is 1.98. The SMILES string of the molecule is CCOc1cccc2c1NC(=O)CN2CC(F)(F)F. The van der Waals surface area contributed by atoms with Crippen molar-refractivity contribution in [1.29, 1.82) is 0 Å². The molecule has 0 radical (unpaired) electrons. The molecular formula is C12H13F3N2O2. The molecule has 1 heterocycles. The normalized spacial score (nSPS) is 14.9. The van der Waals surface area contributed by atoms with E-state index in [9.17, 15) is 18.0 Å². The summed E-state index contributed by atoms with van der Waals surface area (Å²) in [5.41, 5.74) is 0.618. The van der Waals surface area contributed by atoms with Crippen LogP contribution in [0.2, 0.25) is 0 Å². The molecule has 1 aromatic rings. The number of hydrogen-bond acceptors (Lipinski definition) is 3. The molecule has 0 saturated carbocycles. The molecule has 1 aliphatic heterocycles. The maximum Gasteiger partial charge on any atom is 0.405 e.